The summed E-state index contributed by atoms with van der Waals surface area (Å²) < 4.78 is 1.03. The van der Waals surface area contributed by atoms with Crippen LogP contribution < -0.4 is 0 Å². The molecule has 2 heteroatoms. The molecule has 0 amide bonds. The van der Waals surface area contributed by atoms with Crippen molar-refractivity contribution in [3.05, 3.63) is 40.0 Å². The average molecular weight is 236 g/mol. The Morgan fingerprint density at radius 3 is 2.69 bits per heavy atom. The lowest BCUT2D eigenvalue weighted by atomic mass is 10.1. The number of nitrogens with zero attached hydrogens (tertiary/aromatic N) is 1. The molecular formula is C11H10BrN. The molecule has 0 bridgehead atoms. The Bertz CT molecular complexity index is 463. The minimum absolute atomic E-state index is 1.03. The number of halogens is 1. The summed E-state index contributed by atoms with van der Waals surface area (Å²) in [5.74, 6) is 0. The fourth-order valence-electron chi connectivity index (χ4n) is 1.56. The Labute approximate surface area is 85.9 Å². The van der Waals surface area contributed by atoms with Gasteiger partial charge in [-0.2, -0.15) is 0 Å². The number of aromatic nitrogens is 1. The van der Waals surface area contributed by atoms with Gasteiger partial charge in [-0.25, -0.2) is 0 Å². The van der Waals surface area contributed by atoms with Crippen LogP contribution in [0.2, 0.25) is 0 Å². The van der Waals surface area contributed by atoms with Gasteiger partial charge in [-0.3, -0.25) is 4.98 Å². The molecule has 1 nitrogen and oxygen atoms in total. The highest BCUT2D eigenvalue weighted by molar-refractivity contribution is 9.10. The number of benzene rings is 1. The van der Waals surface area contributed by atoms with Crippen LogP contribution >= 0.6 is 15.9 Å². The van der Waals surface area contributed by atoms with Crippen molar-refractivity contribution in [2.75, 3.05) is 0 Å². The Morgan fingerprint density at radius 1 is 1.15 bits per heavy atom. The zero-order chi connectivity index (χ0) is 9.42. The molecule has 0 aliphatic heterocycles. The summed E-state index contributed by atoms with van der Waals surface area (Å²) in [4.78, 5) is 4.36. The van der Waals surface area contributed by atoms with Gasteiger partial charge < -0.3 is 0 Å². The van der Waals surface area contributed by atoms with Crippen molar-refractivity contribution >= 4 is 26.8 Å². The van der Waals surface area contributed by atoms with Crippen LogP contribution in [0, 0.1) is 13.8 Å². The first-order valence-corrected chi connectivity index (χ1v) is 4.98. The highest BCUT2D eigenvalue weighted by Gasteiger charge is 1.99. The van der Waals surface area contributed by atoms with E-state index in [0.29, 0.717) is 0 Å². The van der Waals surface area contributed by atoms with Gasteiger partial charge in [0.05, 0.1) is 5.52 Å². The lowest BCUT2D eigenvalue weighted by Crippen LogP contribution is -1.84. The van der Waals surface area contributed by atoms with Crippen LogP contribution in [-0.2, 0) is 0 Å². The van der Waals surface area contributed by atoms with Gasteiger partial charge in [0.15, 0.2) is 0 Å². The fraction of sp³-hybridized carbons (Fsp3) is 0.182. The Balaban J connectivity index is 2.87. The molecule has 0 N–H and O–H groups in total. The summed E-state index contributed by atoms with van der Waals surface area (Å²) in [5, 5.41) is 1.22. The summed E-state index contributed by atoms with van der Waals surface area (Å²) in [7, 11) is 0. The standard InChI is InChI=1S/C11H10BrN/c1-7-3-8(2)10-5-9(12)6-13-11(10)4-7/h3-6H,1-2H3. The molecule has 0 aliphatic rings. The minimum atomic E-state index is 1.03. The van der Waals surface area contributed by atoms with E-state index in [1.54, 1.807) is 0 Å². The molecule has 0 saturated carbocycles. The van der Waals surface area contributed by atoms with Crippen molar-refractivity contribution < 1.29 is 0 Å². The largest absolute Gasteiger partial charge is 0.255 e. The van der Waals surface area contributed by atoms with E-state index in [9.17, 15) is 0 Å². The molecule has 1 heterocycles. The van der Waals surface area contributed by atoms with Crippen LogP contribution in [0.1, 0.15) is 11.1 Å². The quantitative estimate of drug-likeness (QED) is 0.680. The monoisotopic (exact) mass is 235 g/mol. The highest BCUT2D eigenvalue weighted by atomic mass is 79.9. The van der Waals surface area contributed by atoms with Crippen molar-refractivity contribution in [1.29, 1.82) is 0 Å². The van der Waals surface area contributed by atoms with E-state index < -0.39 is 0 Å². The molecule has 0 radical (unpaired) electrons. The Kier molecular flexibility index (Phi) is 2.08. The molecule has 0 fully saturated rings. The second kappa shape index (κ2) is 3.11. The van der Waals surface area contributed by atoms with Crippen molar-refractivity contribution in [3.63, 3.8) is 0 Å². The SMILES string of the molecule is Cc1cc(C)c2cc(Br)cnc2c1. The predicted molar refractivity (Wildman–Crippen MR) is 58.9 cm³/mol. The van der Waals surface area contributed by atoms with Gasteiger partial charge in [-0.15, -0.1) is 0 Å². The summed E-state index contributed by atoms with van der Waals surface area (Å²) in [5.41, 5.74) is 3.62. The minimum Gasteiger partial charge on any atom is -0.255 e. The predicted octanol–water partition coefficient (Wildman–Crippen LogP) is 3.61. The van der Waals surface area contributed by atoms with Gasteiger partial charge in [0.25, 0.3) is 0 Å². The van der Waals surface area contributed by atoms with Crippen LogP contribution in [0.3, 0.4) is 0 Å². The number of fused-ring (bicyclic) bond motifs is 1. The van der Waals surface area contributed by atoms with Gasteiger partial charge >= 0.3 is 0 Å². The van der Waals surface area contributed by atoms with Crippen molar-refractivity contribution in [2.24, 2.45) is 0 Å². The second-order valence-electron chi connectivity index (χ2n) is 3.30. The van der Waals surface area contributed by atoms with E-state index in [2.05, 4.69) is 53.0 Å². The molecule has 0 unspecified atom stereocenters. The third kappa shape index (κ3) is 1.59. The van der Waals surface area contributed by atoms with E-state index in [4.69, 9.17) is 0 Å². The number of hydrogen-bond acceptors (Lipinski definition) is 1. The molecule has 0 saturated heterocycles. The van der Waals surface area contributed by atoms with E-state index in [0.717, 1.165) is 9.99 Å². The molecule has 2 aromatic rings. The zero-order valence-electron chi connectivity index (χ0n) is 7.63. The Hall–Kier alpha value is -0.890. The maximum absolute atomic E-state index is 4.36. The van der Waals surface area contributed by atoms with Crippen LogP contribution in [0.5, 0.6) is 0 Å². The molecule has 0 atom stereocenters. The van der Waals surface area contributed by atoms with Crippen molar-refractivity contribution in [2.45, 2.75) is 13.8 Å². The van der Waals surface area contributed by atoms with Gasteiger partial charge in [0.2, 0.25) is 0 Å². The molecule has 1 aromatic heterocycles. The first-order chi connectivity index (χ1) is 6.16. The molecule has 13 heavy (non-hydrogen) atoms. The van der Waals surface area contributed by atoms with Crippen molar-refractivity contribution in [1.82, 2.24) is 4.98 Å². The van der Waals surface area contributed by atoms with Crippen LogP contribution in [0.4, 0.5) is 0 Å². The fourth-order valence-corrected chi connectivity index (χ4v) is 1.89. The highest BCUT2D eigenvalue weighted by Crippen LogP contribution is 2.21. The van der Waals surface area contributed by atoms with Crippen molar-refractivity contribution in [3.8, 4) is 0 Å². The van der Waals surface area contributed by atoms with Gasteiger partial charge in [0.1, 0.15) is 0 Å². The second-order valence-corrected chi connectivity index (χ2v) is 4.22. The number of aryl methyl sites for hydroxylation is 2. The molecule has 66 valence electrons. The van der Waals surface area contributed by atoms with Gasteiger partial charge in [-0.05, 0) is 53.0 Å². The van der Waals surface area contributed by atoms with Crippen LogP contribution in [0.15, 0.2) is 28.9 Å². The summed E-state index contributed by atoms with van der Waals surface area (Å²) >= 11 is 3.42. The lowest BCUT2D eigenvalue weighted by Gasteiger charge is -2.03. The number of pyridine rings is 1. The first kappa shape index (κ1) is 8.70. The Morgan fingerprint density at radius 2 is 1.92 bits per heavy atom. The summed E-state index contributed by atoms with van der Waals surface area (Å²) in [6.45, 7) is 4.21. The molecule has 1 aromatic carbocycles. The van der Waals surface area contributed by atoms with Crippen LogP contribution in [-0.4, -0.2) is 4.98 Å². The third-order valence-electron chi connectivity index (χ3n) is 2.12. The van der Waals surface area contributed by atoms with Gasteiger partial charge in [-0.1, -0.05) is 6.07 Å². The van der Waals surface area contributed by atoms with E-state index in [1.165, 1.54) is 16.5 Å². The molecule has 0 aliphatic carbocycles. The molecular weight excluding hydrogens is 226 g/mol. The number of hydrogen-bond donors (Lipinski definition) is 0. The normalized spacial score (nSPS) is 10.7. The molecule has 2 rings (SSSR count). The maximum Gasteiger partial charge on any atom is 0.0708 e. The van der Waals surface area contributed by atoms with Crippen LogP contribution in [0.25, 0.3) is 10.9 Å². The summed E-state index contributed by atoms with van der Waals surface area (Å²) in [6.07, 6.45) is 1.83. The third-order valence-corrected chi connectivity index (χ3v) is 2.55. The van der Waals surface area contributed by atoms with E-state index in [-0.39, 0.29) is 0 Å². The first-order valence-electron chi connectivity index (χ1n) is 4.19. The summed E-state index contributed by atoms with van der Waals surface area (Å²) in [6, 6.07) is 6.39. The number of rotatable bonds is 0. The topological polar surface area (TPSA) is 12.9 Å². The lowest BCUT2D eigenvalue weighted by molar-refractivity contribution is 1.34. The van der Waals surface area contributed by atoms with Gasteiger partial charge in [0, 0.05) is 16.1 Å². The zero-order valence-corrected chi connectivity index (χ0v) is 9.22. The maximum atomic E-state index is 4.36. The van der Waals surface area contributed by atoms with E-state index >= 15 is 0 Å². The van der Waals surface area contributed by atoms with E-state index in [1.807, 2.05) is 6.20 Å². The smallest absolute Gasteiger partial charge is 0.0708 e. The molecule has 0 spiro atoms. The average Bonchev–Trinajstić information content (AvgIpc) is 2.06.